The van der Waals surface area contributed by atoms with Gasteiger partial charge in [-0.2, -0.15) is 0 Å². The molecule has 1 aliphatic carbocycles. The van der Waals surface area contributed by atoms with Gasteiger partial charge in [-0.15, -0.1) is 0 Å². The van der Waals surface area contributed by atoms with E-state index in [1.807, 2.05) is 6.07 Å². The molecule has 3 rings (SSSR count). The Bertz CT molecular complexity index is 959. The second kappa shape index (κ2) is 11.5. The topological polar surface area (TPSA) is 61.4 Å². The van der Waals surface area contributed by atoms with Crippen molar-refractivity contribution in [2.45, 2.75) is 65.8 Å². The molecule has 1 aliphatic heterocycles. The van der Waals surface area contributed by atoms with Gasteiger partial charge in [0.05, 0.1) is 5.56 Å². The summed E-state index contributed by atoms with van der Waals surface area (Å²) in [5, 5.41) is 5.68. The van der Waals surface area contributed by atoms with E-state index in [1.165, 1.54) is 13.1 Å². The van der Waals surface area contributed by atoms with Crippen LogP contribution in [0.2, 0.25) is 0 Å². The van der Waals surface area contributed by atoms with Gasteiger partial charge in [0, 0.05) is 26.1 Å². The average Bonchev–Trinajstić information content (AvgIpc) is 3.34. The van der Waals surface area contributed by atoms with Crippen LogP contribution in [0.4, 0.5) is 4.39 Å². The van der Waals surface area contributed by atoms with Gasteiger partial charge >= 0.3 is 0 Å². The SMILES string of the molecule is CNC(=O)c1ccc(C[C@@H](CNC(=O)C[C@H](C(C)(C)C)C2(C)C=CC=CC2)N2CCCC2)cc1F. The molecule has 1 saturated heterocycles. The number of rotatable bonds is 9. The Morgan fingerprint density at radius 1 is 1.17 bits per heavy atom. The van der Waals surface area contributed by atoms with E-state index in [1.54, 1.807) is 6.07 Å². The molecule has 1 unspecified atom stereocenters. The highest BCUT2D eigenvalue weighted by Crippen LogP contribution is 2.47. The summed E-state index contributed by atoms with van der Waals surface area (Å²) in [6, 6.07) is 4.91. The molecule has 0 spiro atoms. The fourth-order valence-electron chi connectivity index (χ4n) is 5.73. The molecule has 6 heteroatoms. The van der Waals surface area contributed by atoms with E-state index in [4.69, 9.17) is 0 Å². The number of allylic oxidation sites excluding steroid dienone is 4. The number of nitrogens with zero attached hydrogens (tertiary/aromatic N) is 1. The summed E-state index contributed by atoms with van der Waals surface area (Å²) in [6.45, 7) is 11.4. The van der Waals surface area contributed by atoms with Crippen molar-refractivity contribution < 1.29 is 14.0 Å². The fourth-order valence-corrected chi connectivity index (χ4v) is 5.73. The maximum atomic E-state index is 14.5. The zero-order valence-electron chi connectivity index (χ0n) is 22.0. The average molecular weight is 484 g/mol. The van der Waals surface area contributed by atoms with E-state index in [9.17, 15) is 14.0 Å². The van der Waals surface area contributed by atoms with Crippen LogP contribution in [-0.2, 0) is 11.2 Å². The lowest BCUT2D eigenvalue weighted by Crippen LogP contribution is -2.45. The van der Waals surface area contributed by atoms with Crippen molar-refractivity contribution >= 4 is 11.8 Å². The van der Waals surface area contributed by atoms with Crippen LogP contribution in [0.15, 0.2) is 42.5 Å². The second-order valence-electron chi connectivity index (χ2n) is 11.4. The van der Waals surface area contributed by atoms with Gasteiger partial charge in [0.25, 0.3) is 5.91 Å². The molecule has 2 amide bonds. The summed E-state index contributed by atoms with van der Waals surface area (Å²) in [6.07, 6.45) is 12.9. The Kier molecular flexibility index (Phi) is 8.92. The zero-order chi connectivity index (χ0) is 25.6. The van der Waals surface area contributed by atoms with Crippen molar-refractivity contribution in [1.82, 2.24) is 15.5 Å². The first-order chi connectivity index (χ1) is 16.5. The Hall–Kier alpha value is -2.47. The zero-order valence-corrected chi connectivity index (χ0v) is 22.0. The maximum Gasteiger partial charge on any atom is 0.253 e. The molecule has 5 nitrogen and oxygen atoms in total. The Labute approximate surface area is 210 Å². The Balaban J connectivity index is 1.68. The summed E-state index contributed by atoms with van der Waals surface area (Å²) in [4.78, 5) is 27.4. The van der Waals surface area contributed by atoms with Crippen molar-refractivity contribution in [2.75, 3.05) is 26.7 Å². The molecule has 3 atom stereocenters. The summed E-state index contributed by atoms with van der Waals surface area (Å²) in [5.41, 5.74) is 0.819. The normalized spacial score (nSPS) is 22.1. The molecule has 1 aromatic rings. The van der Waals surface area contributed by atoms with Crippen LogP contribution in [-0.4, -0.2) is 49.4 Å². The van der Waals surface area contributed by atoms with Crippen LogP contribution in [0.1, 0.15) is 69.3 Å². The molecule has 35 heavy (non-hydrogen) atoms. The van der Waals surface area contributed by atoms with E-state index in [0.717, 1.165) is 37.9 Å². The Morgan fingerprint density at radius 3 is 2.46 bits per heavy atom. The number of amides is 2. The van der Waals surface area contributed by atoms with E-state index < -0.39 is 11.7 Å². The molecule has 1 aromatic carbocycles. The van der Waals surface area contributed by atoms with E-state index in [0.29, 0.717) is 19.4 Å². The van der Waals surface area contributed by atoms with Gasteiger partial charge in [0.1, 0.15) is 5.82 Å². The Morgan fingerprint density at radius 2 is 1.89 bits per heavy atom. The van der Waals surface area contributed by atoms with Crippen molar-refractivity contribution in [3.63, 3.8) is 0 Å². The lowest BCUT2D eigenvalue weighted by molar-refractivity contribution is -0.124. The van der Waals surface area contributed by atoms with Gasteiger partial charge < -0.3 is 10.6 Å². The molecule has 2 aliphatic rings. The molecule has 0 radical (unpaired) electrons. The molecule has 0 aromatic heterocycles. The summed E-state index contributed by atoms with van der Waals surface area (Å²) < 4.78 is 14.5. The molecular formula is C29H42FN3O2. The predicted molar refractivity (Wildman–Crippen MR) is 140 cm³/mol. The fraction of sp³-hybridized carbons (Fsp3) is 0.586. The molecule has 1 heterocycles. The van der Waals surface area contributed by atoms with Crippen LogP contribution in [0.3, 0.4) is 0 Å². The monoisotopic (exact) mass is 483 g/mol. The number of halogens is 1. The van der Waals surface area contributed by atoms with Gasteiger partial charge in [-0.25, -0.2) is 4.39 Å². The van der Waals surface area contributed by atoms with Gasteiger partial charge in [0.15, 0.2) is 0 Å². The highest BCUT2D eigenvalue weighted by atomic mass is 19.1. The van der Waals surface area contributed by atoms with Crippen molar-refractivity contribution in [3.8, 4) is 0 Å². The number of carbonyl (C=O) groups excluding carboxylic acids is 2. The van der Waals surface area contributed by atoms with E-state index >= 15 is 0 Å². The van der Waals surface area contributed by atoms with Gasteiger partial charge in [-0.3, -0.25) is 14.5 Å². The minimum absolute atomic E-state index is 0.0139. The van der Waals surface area contributed by atoms with Crippen molar-refractivity contribution in [1.29, 1.82) is 0 Å². The summed E-state index contributed by atoms with van der Waals surface area (Å²) >= 11 is 0. The van der Waals surface area contributed by atoms with Crippen LogP contribution in [0, 0.1) is 22.6 Å². The van der Waals surface area contributed by atoms with Gasteiger partial charge in [0.2, 0.25) is 5.91 Å². The van der Waals surface area contributed by atoms with Gasteiger partial charge in [-0.05, 0) is 73.2 Å². The second-order valence-corrected chi connectivity index (χ2v) is 11.4. The highest BCUT2D eigenvalue weighted by molar-refractivity contribution is 5.94. The maximum absolute atomic E-state index is 14.5. The molecule has 0 bridgehead atoms. The predicted octanol–water partition coefficient (Wildman–Crippen LogP) is 4.88. The largest absolute Gasteiger partial charge is 0.355 e. The molecule has 192 valence electrons. The lowest BCUT2D eigenvalue weighted by atomic mass is 9.61. The number of hydrogen-bond acceptors (Lipinski definition) is 3. The third-order valence-electron chi connectivity index (χ3n) is 7.68. The standard InChI is InChI=1S/C29H42FN3O2/c1-28(2,3)25(29(4)13-7-6-8-14-29)19-26(34)32-20-22(33-15-9-10-16-33)17-21-11-12-23(24(30)18-21)27(35)31-5/h6-8,11-13,18,22,25H,9-10,14-17,19-20H2,1-5H3,(H,31,35)(H,32,34)/t22-,25+,29?/m0/s1. The van der Waals surface area contributed by atoms with Crippen LogP contribution < -0.4 is 10.6 Å². The first-order valence-corrected chi connectivity index (χ1v) is 12.9. The quantitative estimate of drug-likeness (QED) is 0.526. The van der Waals surface area contributed by atoms with Gasteiger partial charge in [-0.1, -0.05) is 58.1 Å². The third kappa shape index (κ3) is 7.03. The van der Waals surface area contributed by atoms with E-state index in [2.05, 4.69) is 67.5 Å². The number of likely N-dealkylation sites (tertiary alicyclic amines) is 1. The first-order valence-electron chi connectivity index (χ1n) is 12.9. The van der Waals surface area contributed by atoms with Crippen LogP contribution in [0.25, 0.3) is 0 Å². The van der Waals surface area contributed by atoms with Crippen molar-refractivity contribution in [2.24, 2.45) is 16.7 Å². The number of carbonyl (C=O) groups is 2. The molecular weight excluding hydrogens is 441 g/mol. The number of benzene rings is 1. The minimum Gasteiger partial charge on any atom is -0.355 e. The third-order valence-corrected chi connectivity index (χ3v) is 7.68. The highest BCUT2D eigenvalue weighted by Gasteiger charge is 2.40. The van der Waals surface area contributed by atoms with Crippen LogP contribution in [0.5, 0.6) is 0 Å². The van der Waals surface area contributed by atoms with E-state index in [-0.39, 0.29) is 34.3 Å². The molecule has 2 N–H and O–H groups in total. The van der Waals surface area contributed by atoms with Crippen LogP contribution >= 0.6 is 0 Å². The smallest absolute Gasteiger partial charge is 0.253 e. The number of hydrogen-bond donors (Lipinski definition) is 2. The molecule has 1 fully saturated rings. The minimum atomic E-state index is -0.512. The number of nitrogens with one attached hydrogen (secondary N) is 2. The molecule has 0 saturated carbocycles. The lowest BCUT2D eigenvalue weighted by Gasteiger charge is -2.43. The van der Waals surface area contributed by atoms with Crippen molar-refractivity contribution in [3.05, 3.63) is 59.4 Å². The first kappa shape index (κ1) is 27.1. The summed E-state index contributed by atoms with van der Waals surface area (Å²) in [7, 11) is 1.49. The summed E-state index contributed by atoms with van der Waals surface area (Å²) in [5.74, 6) is -0.669.